The van der Waals surface area contributed by atoms with E-state index in [1.165, 1.54) is 11.3 Å². The standard InChI is InChI=1S/C38H44N4O4/c1-38(2,3)46-37(43)41-22-20-40(21-23-41)34-25-42(26-34)33-17-14-29(15-18-33)24-32-16-19-35(44-27-30-10-6-4-7-11-30)39-36(32)45-28-31-12-8-5-9-13-31/h4-19,34H,20-28H2,1-3H3. The van der Waals surface area contributed by atoms with Gasteiger partial charge in [0.2, 0.25) is 11.8 Å². The second-order valence-corrected chi connectivity index (χ2v) is 13.1. The van der Waals surface area contributed by atoms with Crippen LogP contribution < -0.4 is 14.4 Å². The lowest BCUT2D eigenvalue weighted by Gasteiger charge is -2.49. The van der Waals surface area contributed by atoms with Crippen LogP contribution in [0, 0.1) is 0 Å². The molecule has 0 saturated carbocycles. The molecule has 1 amide bonds. The summed E-state index contributed by atoms with van der Waals surface area (Å²) in [4.78, 5) is 23.9. The molecule has 4 aromatic rings. The highest BCUT2D eigenvalue weighted by atomic mass is 16.6. The molecule has 8 nitrogen and oxygen atoms in total. The molecule has 2 fully saturated rings. The van der Waals surface area contributed by atoms with E-state index in [9.17, 15) is 4.79 Å². The minimum absolute atomic E-state index is 0.208. The molecule has 3 aromatic carbocycles. The molecule has 2 aliphatic heterocycles. The van der Waals surface area contributed by atoms with E-state index in [0.29, 0.717) is 50.5 Å². The van der Waals surface area contributed by atoms with Crippen LogP contribution in [0.15, 0.2) is 97.1 Å². The molecule has 3 heterocycles. The van der Waals surface area contributed by atoms with Crippen molar-refractivity contribution in [1.29, 1.82) is 0 Å². The second kappa shape index (κ2) is 14.3. The number of hydrogen-bond donors (Lipinski definition) is 0. The minimum atomic E-state index is -0.463. The Balaban J connectivity index is 1.04. The Morgan fingerprint density at radius 2 is 1.35 bits per heavy atom. The van der Waals surface area contributed by atoms with Gasteiger partial charge in [0.15, 0.2) is 0 Å². The Kier molecular flexibility index (Phi) is 9.73. The number of ether oxygens (including phenoxy) is 3. The number of pyridine rings is 1. The minimum Gasteiger partial charge on any atom is -0.473 e. The summed E-state index contributed by atoms with van der Waals surface area (Å²) in [5.41, 5.74) is 5.17. The lowest BCUT2D eigenvalue weighted by Crippen LogP contribution is -2.63. The number of piperazine rings is 1. The van der Waals surface area contributed by atoms with Gasteiger partial charge in [0.05, 0.1) is 0 Å². The van der Waals surface area contributed by atoms with Crippen molar-refractivity contribution in [3.63, 3.8) is 0 Å². The molecule has 0 spiro atoms. The third kappa shape index (κ3) is 8.37. The molecule has 240 valence electrons. The summed E-state index contributed by atoms with van der Waals surface area (Å²) in [6.07, 6.45) is 0.501. The topological polar surface area (TPSA) is 67.4 Å². The molecule has 8 heteroatoms. The third-order valence-corrected chi connectivity index (χ3v) is 8.40. The van der Waals surface area contributed by atoms with Gasteiger partial charge in [0.25, 0.3) is 0 Å². The predicted octanol–water partition coefficient (Wildman–Crippen LogP) is 6.57. The molecule has 46 heavy (non-hydrogen) atoms. The van der Waals surface area contributed by atoms with E-state index >= 15 is 0 Å². The van der Waals surface area contributed by atoms with Crippen molar-refractivity contribution >= 4 is 11.8 Å². The highest BCUT2D eigenvalue weighted by molar-refractivity contribution is 5.68. The first-order chi connectivity index (χ1) is 22.3. The van der Waals surface area contributed by atoms with Crippen LogP contribution in [0.3, 0.4) is 0 Å². The number of carbonyl (C=O) groups excluding carboxylic acids is 1. The Morgan fingerprint density at radius 1 is 0.739 bits per heavy atom. The fraction of sp³-hybridized carbons (Fsp3) is 0.368. The molecule has 0 unspecified atom stereocenters. The van der Waals surface area contributed by atoms with E-state index in [2.05, 4.69) is 52.3 Å². The van der Waals surface area contributed by atoms with Crippen LogP contribution in [-0.2, 0) is 24.4 Å². The first kappa shape index (κ1) is 31.4. The summed E-state index contributed by atoms with van der Waals surface area (Å²) < 4.78 is 17.8. The zero-order chi connectivity index (χ0) is 31.9. The number of hydrogen-bond acceptors (Lipinski definition) is 7. The van der Waals surface area contributed by atoms with E-state index in [1.54, 1.807) is 0 Å². The van der Waals surface area contributed by atoms with Gasteiger partial charge in [0, 0.05) is 69.0 Å². The van der Waals surface area contributed by atoms with E-state index < -0.39 is 5.60 Å². The zero-order valence-electron chi connectivity index (χ0n) is 27.1. The molecule has 2 aliphatic rings. The predicted molar refractivity (Wildman–Crippen MR) is 180 cm³/mol. The monoisotopic (exact) mass is 620 g/mol. The summed E-state index contributed by atoms with van der Waals surface area (Å²) in [6.45, 7) is 11.8. The number of benzene rings is 3. The highest BCUT2D eigenvalue weighted by Crippen LogP contribution is 2.28. The molecular weight excluding hydrogens is 576 g/mol. The Morgan fingerprint density at radius 3 is 1.96 bits per heavy atom. The van der Waals surface area contributed by atoms with E-state index in [4.69, 9.17) is 19.2 Å². The van der Waals surface area contributed by atoms with Crippen LogP contribution >= 0.6 is 0 Å². The lowest BCUT2D eigenvalue weighted by molar-refractivity contribution is 0.00876. The van der Waals surface area contributed by atoms with Gasteiger partial charge in [-0.3, -0.25) is 4.90 Å². The van der Waals surface area contributed by atoms with Gasteiger partial charge in [-0.1, -0.05) is 72.8 Å². The molecular formula is C38H44N4O4. The zero-order valence-corrected chi connectivity index (χ0v) is 27.1. The average Bonchev–Trinajstić information content (AvgIpc) is 3.04. The van der Waals surface area contributed by atoms with E-state index in [0.717, 1.165) is 42.9 Å². The van der Waals surface area contributed by atoms with Crippen molar-refractivity contribution in [2.45, 2.75) is 52.0 Å². The maximum atomic E-state index is 12.4. The summed E-state index contributed by atoms with van der Waals surface area (Å²) in [7, 11) is 0. The fourth-order valence-corrected chi connectivity index (χ4v) is 5.79. The van der Waals surface area contributed by atoms with Crippen LogP contribution in [0.5, 0.6) is 11.8 Å². The number of amides is 1. The van der Waals surface area contributed by atoms with Crippen molar-refractivity contribution < 1.29 is 19.0 Å². The van der Waals surface area contributed by atoms with Gasteiger partial charge >= 0.3 is 6.09 Å². The van der Waals surface area contributed by atoms with Crippen LogP contribution in [0.2, 0.25) is 0 Å². The molecule has 2 saturated heterocycles. The molecule has 0 bridgehead atoms. The number of anilines is 1. The Hall–Kier alpha value is -4.56. The SMILES string of the molecule is CC(C)(C)OC(=O)N1CCN(C2CN(c3ccc(Cc4ccc(OCc5ccccc5)nc4OCc4ccccc4)cc3)C2)CC1. The quantitative estimate of drug-likeness (QED) is 0.199. The first-order valence-electron chi connectivity index (χ1n) is 16.2. The van der Waals surface area contributed by atoms with Gasteiger partial charge < -0.3 is 24.0 Å². The van der Waals surface area contributed by atoms with Crippen LogP contribution in [0.25, 0.3) is 0 Å². The maximum Gasteiger partial charge on any atom is 0.410 e. The molecule has 0 atom stereocenters. The van der Waals surface area contributed by atoms with E-state index in [1.807, 2.05) is 80.3 Å². The average molecular weight is 621 g/mol. The number of nitrogens with zero attached hydrogens (tertiary/aromatic N) is 4. The highest BCUT2D eigenvalue weighted by Gasteiger charge is 2.35. The summed E-state index contributed by atoms with van der Waals surface area (Å²) in [5, 5.41) is 0. The number of carbonyl (C=O) groups is 1. The summed E-state index contributed by atoms with van der Waals surface area (Å²) in [5.74, 6) is 1.14. The van der Waals surface area contributed by atoms with Crippen LogP contribution in [0.4, 0.5) is 10.5 Å². The van der Waals surface area contributed by atoms with Crippen molar-refractivity contribution in [1.82, 2.24) is 14.8 Å². The Labute approximate surface area is 272 Å². The molecule has 0 N–H and O–H groups in total. The van der Waals surface area contributed by atoms with Gasteiger partial charge in [-0.25, -0.2) is 4.79 Å². The van der Waals surface area contributed by atoms with Crippen molar-refractivity contribution in [2.24, 2.45) is 0 Å². The first-order valence-corrected chi connectivity index (χ1v) is 16.2. The largest absolute Gasteiger partial charge is 0.473 e. The van der Waals surface area contributed by atoms with Gasteiger partial charge in [-0.2, -0.15) is 4.98 Å². The van der Waals surface area contributed by atoms with Gasteiger partial charge in [-0.15, -0.1) is 0 Å². The normalized spacial score (nSPS) is 15.7. The van der Waals surface area contributed by atoms with Crippen molar-refractivity contribution in [3.05, 3.63) is 119 Å². The summed E-state index contributed by atoms with van der Waals surface area (Å²) in [6, 6.07) is 33.5. The third-order valence-electron chi connectivity index (χ3n) is 8.40. The van der Waals surface area contributed by atoms with Crippen LogP contribution in [0.1, 0.15) is 43.0 Å². The van der Waals surface area contributed by atoms with E-state index in [-0.39, 0.29) is 6.09 Å². The molecule has 6 rings (SSSR count). The second-order valence-electron chi connectivity index (χ2n) is 13.1. The number of rotatable bonds is 10. The van der Waals surface area contributed by atoms with Gasteiger partial charge in [0.1, 0.15) is 18.8 Å². The van der Waals surface area contributed by atoms with Crippen molar-refractivity contribution in [2.75, 3.05) is 44.2 Å². The molecule has 0 aliphatic carbocycles. The smallest absolute Gasteiger partial charge is 0.410 e. The van der Waals surface area contributed by atoms with Crippen LogP contribution in [-0.4, -0.2) is 71.8 Å². The van der Waals surface area contributed by atoms with Gasteiger partial charge in [-0.05, 0) is 55.7 Å². The molecule has 1 aromatic heterocycles. The number of aromatic nitrogens is 1. The summed E-state index contributed by atoms with van der Waals surface area (Å²) >= 11 is 0. The Bertz CT molecular complexity index is 1560. The fourth-order valence-electron chi connectivity index (χ4n) is 5.79. The van der Waals surface area contributed by atoms with Crippen molar-refractivity contribution in [3.8, 4) is 11.8 Å². The molecule has 0 radical (unpaired) electrons. The maximum absolute atomic E-state index is 12.4. The lowest BCUT2D eigenvalue weighted by atomic mass is 10.0.